The number of phenols is 1. The largest absolute Gasteiger partial charge is 0.508 e. The van der Waals surface area contributed by atoms with Crippen LogP contribution < -0.4 is 10.7 Å². The van der Waals surface area contributed by atoms with Crippen molar-refractivity contribution in [2.24, 2.45) is 11.8 Å². The van der Waals surface area contributed by atoms with E-state index in [-0.39, 0.29) is 36.1 Å². The molecule has 1 saturated carbocycles. The van der Waals surface area contributed by atoms with Crippen molar-refractivity contribution in [1.29, 1.82) is 0 Å². The van der Waals surface area contributed by atoms with E-state index in [4.69, 9.17) is 0 Å². The van der Waals surface area contributed by atoms with Crippen molar-refractivity contribution < 1.29 is 39.6 Å². The van der Waals surface area contributed by atoms with Crippen molar-refractivity contribution in [2.45, 2.75) is 24.9 Å². The first kappa shape index (κ1) is 22.5. The normalized spacial score (nSPS) is 26.5. The lowest BCUT2D eigenvalue weighted by molar-refractivity contribution is -0.148. The number of fused-ring (bicyclic) bond motifs is 3. The van der Waals surface area contributed by atoms with Gasteiger partial charge in [0, 0.05) is 32.0 Å². The molecule has 3 aliphatic rings. The zero-order chi connectivity index (χ0) is 24.2. The van der Waals surface area contributed by atoms with Crippen LogP contribution in [0.5, 0.6) is 5.75 Å². The topological polar surface area (TPSA) is 176 Å². The maximum Gasteiger partial charge on any atom is 0.272 e. The minimum Gasteiger partial charge on any atom is -0.508 e. The molecule has 33 heavy (non-hydrogen) atoms. The molecule has 4 rings (SSSR count). The molecule has 3 aliphatic carbocycles. The third kappa shape index (κ3) is 3.19. The molecule has 3 atom stereocenters. The third-order valence-corrected chi connectivity index (χ3v) is 6.46. The summed E-state index contributed by atoms with van der Waals surface area (Å²) in [6.07, 6.45) is 0.301. The molecule has 0 radical (unpaired) electrons. The first-order valence-corrected chi connectivity index (χ1v) is 10.2. The number of hydrogen-bond donors (Lipinski definition) is 6. The van der Waals surface area contributed by atoms with Crippen LogP contribution in [-0.4, -0.2) is 69.0 Å². The van der Waals surface area contributed by atoms with Gasteiger partial charge in [-0.3, -0.25) is 24.6 Å². The van der Waals surface area contributed by atoms with Gasteiger partial charge in [0.1, 0.15) is 22.8 Å². The highest BCUT2D eigenvalue weighted by molar-refractivity contribution is 6.23. The molecule has 3 unspecified atom stereocenters. The number of hydrazine groups is 1. The molecule has 1 aromatic carbocycles. The number of aromatic hydroxyl groups is 1. The summed E-state index contributed by atoms with van der Waals surface area (Å²) in [6.45, 7) is 0. The number of aliphatic hydroxyl groups excluding tert-OH is 2. The lowest BCUT2D eigenvalue weighted by Gasteiger charge is -2.46. The molecule has 0 aliphatic heterocycles. The number of carbonyl (C=O) groups excluding carboxylic acids is 4. The van der Waals surface area contributed by atoms with Gasteiger partial charge in [0.15, 0.2) is 11.4 Å². The number of Topliss-reactive ketones (excluding diaryl/α,β-unsaturated/α-hetero) is 2. The van der Waals surface area contributed by atoms with Crippen LogP contribution in [-0.2, 0) is 25.6 Å². The molecular formula is C22H23N3O8. The highest BCUT2D eigenvalue weighted by atomic mass is 16.3. The lowest BCUT2D eigenvalue weighted by Crippen LogP contribution is -2.58. The molecule has 1 aromatic rings. The number of amides is 2. The molecule has 11 nitrogen and oxygen atoms in total. The molecule has 0 saturated heterocycles. The summed E-state index contributed by atoms with van der Waals surface area (Å²) in [7, 11) is 2.97. The van der Waals surface area contributed by atoms with Gasteiger partial charge >= 0.3 is 0 Å². The van der Waals surface area contributed by atoms with Crippen LogP contribution in [0.4, 0.5) is 5.69 Å². The van der Waals surface area contributed by atoms with Crippen molar-refractivity contribution >= 4 is 35.3 Å². The number of ketones is 2. The zero-order valence-electron chi connectivity index (χ0n) is 17.9. The Morgan fingerprint density at radius 2 is 1.88 bits per heavy atom. The van der Waals surface area contributed by atoms with E-state index in [1.807, 2.05) is 0 Å². The predicted octanol–water partition coefficient (Wildman–Crippen LogP) is 0.0997. The zero-order valence-corrected chi connectivity index (χ0v) is 17.9. The number of phenolic OH excluding ortho intramolecular Hbond substituents is 1. The van der Waals surface area contributed by atoms with Crippen LogP contribution in [0.1, 0.15) is 24.0 Å². The SMILES string of the molecule is CN(C)NC(=O)C1=C(O)C2(O)C(=O)C3=C(O)c4c(ccc(NC=O)c4O)CC3CC2CC1=O. The quantitative estimate of drug-likeness (QED) is 0.158. The van der Waals surface area contributed by atoms with Crippen molar-refractivity contribution in [3.05, 3.63) is 40.2 Å². The van der Waals surface area contributed by atoms with Gasteiger partial charge in [0.05, 0.1) is 11.3 Å². The van der Waals surface area contributed by atoms with Gasteiger partial charge in [0.2, 0.25) is 12.2 Å². The molecule has 6 N–H and O–H groups in total. The van der Waals surface area contributed by atoms with Crippen LogP contribution in [0.15, 0.2) is 29.0 Å². The number of carbonyl (C=O) groups is 4. The summed E-state index contributed by atoms with van der Waals surface area (Å²) >= 11 is 0. The standard InChI is InChI=1S/C22H23N3O8/c1-25(2)24-21(32)16-13(27)7-11-6-10-5-9-3-4-12(23-8-26)17(28)14(9)18(29)15(10)19(30)22(11,33)20(16)31/h3-4,8,10-11,28-29,31,33H,5-7H2,1-2H3,(H,23,26)(H,24,32). The van der Waals surface area contributed by atoms with E-state index < -0.39 is 57.8 Å². The fourth-order valence-electron chi connectivity index (χ4n) is 5.02. The number of rotatable bonds is 4. The van der Waals surface area contributed by atoms with Crippen molar-refractivity contribution in [1.82, 2.24) is 10.4 Å². The van der Waals surface area contributed by atoms with E-state index in [2.05, 4.69) is 10.7 Å². The van der Waals surface area contributed by atoms with E-state index in [1.165, 1.54) is 25.2 Å². The van der Waals surface area contributed by atoms with E-state index in [9.17, 15) is 39.6 Å². The van der Waals surface area contributed by atoms with Crippen molar-refractivity contribution in [2.75, 3.05) is 19.4 Å². The minimum absolute atomic E-state index is 0.0165. The number of benzene rings is 1. The number of aliphatic hydroxyl groups is 3. The van der Waals surface area contributed by atoms with E-state index in [0.29, 0.717) is 12.0 Å². The Labute approximate surface area is 188 Å². The fraction of sp³-hybridized carbons (Fsp3) is 0.364. The summed E-state index contributed by atoms with van der Waals surface area (Å²) in [4.78, 5) is 49.4. The van der Waals surface area contributed by atoms with E-state index >= 15 is 0 Å². The van der Waals surface area contributed by atoms with E-state index in [0.717, 1.165) is 0 Å². The van der Waals surface area contributed by atoms with Gasteiger partial charge in [0.25, 0.3) is 5.91 Å². The second-order valence-corrected chi connectivity index (χ2v) is 8.64. The second-order valence-electron chi connectivity index (χ2n) is 8.64. The minimum atomic E-state index is -2.58. The highest BCUT2D eigenvalue weighted by Crippen LogP contribution is 2.52. The predicted molar refractivity (Wildman–Crippen MR) is 114 cm³/mol. The molecule has 2 amide bonds. The summed E-state index contributed by atoms with van der Waals surface area (Å²) in [5, 5.41) is 47.2. The molecule has 1 fully saturated rings. The number of hydrogen-bond acceptors (Lipinski definition) is 9. The Morgan fingerprint density at radius 3 is 2.52 bits per heavy atom. The number of nitrogens with one attached hydrogen (secondary N) is 2. The molecule has 0 heterocycles. The molecule has 0 spiro atoms. The van der Waals surface area contributed by atoms with Gasteiger partial charge in [-0.1, -0.05) is 6.07 Å². The number of anilines is 1. The summed E-state index contributed by atoms with van der Waals surface area (Å²) in [5.41, 5.74) is -0.742. The highest BCUT2D eigenvalue weighted by Gasteiger charge is 2.60. The van der Waals surface area contributed by atoms with Gasteiger partial charge in [-0.2, -0.15) is 0 Å². The summed E-state index contributed by atoms with van der Waals surface area (Å²) < 4.78 is 0. The van der Waals surface area contributed by atoms with Crippen molar-refractivity contribution in [3.8, 4) is 5.75 Å². The first-order chi connectivity index (χ1) is 15.5. The molecule has 174 valence electrons. The van der Waals surface area contributed by atoms with Crippen LogP contribution in [0.25, 0.3) is 5.76 Å². The fourth-order valence-corrected chi connectivity index (χ4v) is 5.02. The molecule has 11 heteroatoms. The third-order valence-electron chi connectivity index (χ3n) is 6.46. The van der Waals surface area contributed by atoms with Gasteiger partial charge in [-0.15, -0.1) is 0 Å². The molecule has 0 bridgehead atoms. The van der Waals surface area contributed by atoms with Crippen LogP contribution >= 0.6 is 0 Å². The Kier molecular flexibility index (Phi) is 5.26. The van der Waals surface area contributed by atoms with Gasteiger partial charge < -0.3 is 25.7 Å². The Bertz CT molecular complexity index is 1170. The number of nitrogens with zero attached hydrogens (tertiary/aromatic N) is 1. The molecular weight excluding hydrogens is 434 g/mol. The Morgan fingerprint density at radius 1 is 1.18 bits per heavy atom. The van der Waals surface area contributed by atoms with Crippen LogP contribution in [0.3, 0.4) is 0 Å². The van der Waals surface area contributed by atoms with Crippen LogP contribution in [0, 0.1) is 11.8 Å². The smallest absolute Gasteiger partial charge is 0.272 e. The summed E-state index contributed by atoms with van der Waals surface area (Å²) in [5.74, 6) is -6.40. The van der Waals surface area contributed by atoms with Crippen LogP contribution in [0.2, 0.25) is 0 Å². The average molecular weight is 457 g/mol. The maximum absolute atomic E-state index is 13.5. The lowest BCUT2D eigenvalue weighted by atomic mass is 9.59. The Hall–Kier alpha value is -3.70. The summed E-state index contributed by atoms with van der Waals surface area (Å²) in [6, 6.07) is 3.04. The second kappa shape index (κ2) is 7.71. The average Bonchev–Trinajstić information content (AvgIpc) is 2.72. The van der Waals surface area contributed by atoms with Crippen molar-refractivity contribution in [3.63, 3.8) is 0 Å². The van der Waals surface area contributed by atoms with Gasteiger partial charge in [-0.25, -0.2) is 5.01 Å². The Balaban J connectivity index is 1.86. The monoisotopic (exact) mass is 457 g/mol. The van der Waals surface area contributed by atoms with Gasteiger partial charge in [-0.05, 0) is 30.4 Å². The maximum atomic E-state index is 13.5. The van der Waals surface area contributed by atoms with E-state index in [1.54, 1.807) is 6.07 Å². The molecule has 0 aromatic heterocycles. The first-order valence-electron chi connectivity index (χ1n) is 10.2.